The van der Waals surface area contributed by atoms with Crippen molar-refractivity contribution in [2.45, 2.75) is 0 Å². The van der Waals surface area contributed by atoms with Crippen molar-refractivity contribution in [2.75, 3.05) is 0 Å². The quantitative estimate of drug-likeness (QED) is 0.225. The van der Waals surface area contributed by atoms with E-state index in [-0.39, 0.29) is 0 Å². The molecule has 2 aromatic heterocycles. The SMILES string of the molecule is N#Cc1ccc(-c2cccc(-c3ccc4oc5cc6c(oc7ccccc76)c(-c6ccc(C#N)cc6)c5c4c3)c2)cc1. The smallest absolute Gasteiger partial charge is 0.144 e. The van der Waals surface area contributed by atoms with E-state index in [4.69, 9.17) is 8.83 Å². The average Bonchev–Trinajstić information content (AvgIpc) is 3.61. The number of nitrogens with zero attached hydrogens (tertiary/aromatic N) is 2. The van der Waals surface area contributed by atoms with E-state index in [0.29, 0.717) is 11.1 Å². The summed E-state index contributed by atoms with van der Waals surface area (Å²) in [6.07, 6.45) is 0. The normalized spacial score (nSPS) is 11.3. The van der Waals surface area contributed by atoms with E-state index in [1.807, 2.05) is 72.8 Å². The van der Waals surface area contributed by atoms with Crippen molar-refractivity contribution in [3.8, 4) is 45.5 Å². The molecule has 8 rings (SSSR count). The molecule has 0 unspecified atom stereocenters. The third kappa shape index (κ3) is 3.68. The molecule has 0 radical (unpaired) electrons. The minimum atomic E-state index is 0.605. The number of rotatable bonds is 3. The molecule has 0 aliphatic carbocycles. The third-order valence-electron chi connectivity index (χ3n) is 7.95. The van der Waals surface area contributed by atoms with E-state index in [1.165, 1.54) is 0 Å². The highest BCUT2D eigenvalue weighted by atomic mass is 16.3. The largest absolute Gasteiger partial charge is 0.456 e. The first-order chi connectivity index (χ1) is 20.7. The van der Waals surface area contributed by atoms with Crippen LogP contribution in [0.1, 0.15) is 11.1 Å². The Labute approximate surface area is 240 Å². The second-order valence-corrected chi connectivity index (χ2v) is 10.4. The summed E-state index contributed by atoms with van der Waals surface area (Å²) in [5.41, 5.74) is 10.6. The molecule has 0 saturated carbocycles. The van der Waals surface area contributed by atoms with E-state index in [1.54, 1.807) is 0 Å². The Bertz CT molecular complexity index is 2410. The second-order valence-electron chi connectivity index (χ2n) is 10.4. The van der Waals surface area contributed by atoms with Gasteiger partial charge in [-0.05, 0) is 82.4 Å². The standard InChI is InChI=1S/C38H20N2O2/c39-21-23-8-12-25(13-9-23)27-4-3-5-28(18-27)29-16-17-34-32(19-29)37-35(41-34)20-31-30-6-1-2-7-33(30)42-38(31)36(37)26-14-10-24(22-40)11-15-26/h1-20H. The van der Waals surface area contributed by atoms with Crippen molar-refractivity contribution >= 4 is 43.9 Å². The van der Waals surface area contributed by atoms with Gasteiger partial charge in [-0.3, -0.25) is 0 Å². The van der Waals surface area contributed by atoms with Gasteiger partial charge in [-0.2, -0.15) is 10.5 Å². The van der Waals surface area contributed by atoms with Crippen LogP contribution < -0.4 is 0 Å². The summed E-state index contributed by atoms with van der Waals surface area (Å²) >= 11 is 0. The fourth-order valence-electron chi connectivity index (χ4n) is 5.90. The molecule has 4 nitrogen and oxygen atoms in total. The van der Waals surface area contributed by atoms with Crippen molar-refractivity contribution in [3.63, 3.8) is 0 Å². The molecular formula is C38H20N2O2. The molecule has 194 valence electrons. The van der Waals surface area contributed by atoms with Gasteiger partial charge >= 0.3 is 0 Å². The second kappa shape index (κ2) is 9.24. The van der Waals surface area contributed by atoms with Gasteiger partial charge in [-0.25, -0.2) is 0 Å². The van der Waals surface area contributed by atoms with Crippen LogP contribution in [-0.2, 0) is 0 Å². The molecule has 8 aromatic rings. The van der Waals surface area contributed by atoms with Crippen LogP contribution in [0, 0.1) is 22.7 Å². The summed E-state index contributed by atoms with van der Waals surface area (Å²) in [5, 5.41) is 22.6. The van der Waals surface area contributed by atoms with Gasteiger partial charge in [-0.15, -0.1) is 0 Å². The van der Waals surface area contributed by atoms with E-state index in [2.05, 4.69) is 60.7 Å². The lowest BCUT2D eigenvalue weighted by Crippen LogP contribution is -1.84. The fourth-order valence-corrected chi connectivity index (χ4v) is 5.90. The number of hydrogen-bond donors (Lipinski definition) is 0. The number of para-hydroxylation sites is 1. The molecule has 0 amide bonds. The summed E-state index contributed by atoms with van der Waals surface area (Å²) in [7, 11) is 0. The van der Waals surface area contributed by atoms with Crippen LogP contribution in [0.25, 0.3) is 77.3 Å². The monoisotopic (exact) mass is 536 g/mol. The summed E-state index contributed by atoms with van der Waals surface area (Å²) in [5.74, 6) is 0. The number of benzene rings is 6. The Morgan fingerprint density at radius 1 is 0.429 bits per heavy atom. The Kier molecular flexibility index (Phi) is 5.22. The lowest BCUT2D eigenvalue weighted by atomic mass is 9.94. The zero-order valence-electron chi connectivity index (χ0n) is 22.3. The molecule has 2 heterocycles. The van der Waals surface area contributed by atoms with Crippen molar-refractivity contribution < 1.29 is 8.83 Å². The van der Waals surface area contributed by atoms with E-state index in [9.17, 15) is 10.5 Å². The molecule has 0 aliphatic rings. The lowest BCUT2D eigenvalue weighted by Gasteiger charge is -2.08. The van der Waals surface area contributed by atoms with E-state index >= 15 is 0 Å². The van der Waals surface area contributed by atoms with Crippen LogP contribution in [0.3, 0.4) is 0 Å². The fraction of sp³-hybridized carbons (Fsp3) is 0. The molecule has 0 atom stereocenters. The maximum atomic E-state index is 9.40. The van der Waals surface area contributed by atoms with Gasteiger partial charge in [-0.1, -0.05) is 66.7 Å². The highest BCUT2D eigenvalue weighted by molar-refractivity contribution is 6.23. The van der Waals surface area contributed by atoms with Gasteiger partial charge < -0.3 is 8.83 Å². The highest BCUT2D eigenvalue weighted by Gasteiger charge is 2.21. The molecule has 0 saturated heterocycles. The van der Waals surface area contributed by atoms with Crippen LogP contribution in [-0.4, -0.2) is 0 Å². The topological polar surface area (TPSA) is 73.9 Å². The molecule has 0 bridgehead atoms. The Morgan fingerprint density at radius 3 is 1.79 bits per heavy atom. The van der Waals surface area contributed by atoms with Gasteiger partial charge in [0.25, 0.3) is 0 Å². The van der Waals surface area contributed by atoms with Gasteiger partial charge in [0.05, 0.1) is 23.3 Å². The van der Waals surface area contributed by atoms with Gasteiger partial charge in [0.15, 0.2) is 0 Å². The molecule has 0 aliphatic heterocycles. The summed E-state index contributed by atoms with van der Waals surface area (Å²) in [6.45, 7) is 0. The molecular weight excluding hydrogens is 516 g/mol. The van der Waals surface area contributed by atoms with Crippen molar-refractivity contribution in [1.82, 2.24) is 0 Å². The van der Waals surface area contributed by atoms with Gasteiger partial charge in [0, 0.05) is 27.1 Å². The first kappa shape index (κ1) is 23.8. The molecule has 0 spiro atoms. The molecule has 6 aromatic carbocycles. The minimum Gasteiger partial charge on any atom is -0.456 e. The molecule has 0 N–H and O–H groups in total. The van der Waals surface area contributed by atoms with E-state index in [0.717, 1.165) is 77.3 Å². The van der Waals surface area contributed by atoms with Crippen molar-refractivity contribution in [3.05, 3.63) is 132 Å². The van der Waals surface area contributed by atoms with Crippen LogP contribution in [0.4, 0.5) is 0 Å². The zero-order valence-corrected chi connectivity index (χ0v) is 22.3. The zero-order chi connectivity index (χ0) is 28.2. The van der Waals surface area contributed by atoms with E-state index < -0.39 is 0 Å². The first-order valence-electron chi connectivity index (χ1n) is 13.6. The number of furan rings is 2. The molecule has 0 fully saturated rings. The maximum absolute atomic E-state index is 9.40. The van der Waals surface area contributed by atoms with Gasteiger partial charge in [0.2, 0.25) is 0 Å². The third-order valence-corrected chi connectivity index (χ3v) is 7.95. The van der Waals surface area contributed by atoms with Crippen LogP contribution >= 0.6 is 0 Å². The first-order valence-corrected chi connectivity index (χ1v) is 13.6. The van der Waals surface area contributed by atoms with Crippen molar-refractivity contribution in [1.29, 1.82) is 10.5 Å². The molecule has 42 heavy (non-hydrogen) atoms. The predicted octanol–water partition coefficient (Wildman–Crippen LogP) is 10.2. The lowest BCUT2D eigenvalue weighted by molar-refractivity contribution is 0.664. The minimum absolute atomic E-state index is 0.605. The van der Waals surface area contributed by atoms with Gasteiger partial charge in [0.1, 0.15) is 22.3 Å². The summed E-state index contributed by atoms with van der Waals surface area (Å²) in [6, 6.07) is 44.5. The summed E-state index contributed by atoms with van der Waals surface area (Å²) in [4.78, 5) is 0. The number of hydrogen-bond acceptors (Lipinski definition) is 4. The predicted molar refractivity (Wildman–Crippen MR) is 167 cm³/mol. The van der Waals surface area contributed by atoms with Crippen LogP contribution in [0.2, 0.25) is 0 Å². The number of nitriles is 2. The number of fused-ring (bicyclic) bond motifs is 6. The average molecular weight is 537 g/mol. The van der Waals surface area contributed by atoms with Crippen LogP contribution in [0.5, 0.6) is 0 Å². The van der Waals surface area contributed by atoms with Crippen LogP contribution in [0.15, 0.2) is 130 Å². The maximum Gasteiger partial charge on any atom is 0.144 e. The Hall–Kier alpha value is -6.10. The Morgan fingerprint density at radius 2 is 1.05 bits per heavy atom. The summed E-state index contributed by atoms with van der Waals surface area (Å²) < 4.78 is 13.0. The highest BCUT2D eigenvalue weighted by Crippen LogP contribution is 2.45. The van der Waals surface area contributed by atoms with Crippen molar-refractivity contribution in [2.24, 2.45) is 0 Å². The Balaban J connectivity index is 1.38. The molecule has 4 heteroatoms.